The summed E-state index contributed by atoms with van der Waals surface area (Å²) < 4.78 is 20.3. The molecule has 0 atom stereocenters. The zero-order valence-electron chi connectivity index (χ0n) is 10.2. The second-order valence-electron chi connectivity index (χ2n) is 3.90. The zero-order valence-corrected chi connectivity index (χ0v) is 10.2. The summed E-state index contributed by atoms with van der Waals surface area (Å²) in [4.78, 5) is 9.97. The van der Waals surface area contributed by atoms with E-state index < -0.39 is 10.7 Å². The van der Waals surface area contributed by atoms with Crippen LogP contribution in [0, 0.1) is 15.9 Å². The maximum Gasteiger partial charge on any atom is 0.272 e. The molecule has 0 N–H and O–H groups in total. The third kappa shape index (κ3) is 3.27. The molecule has 19 heavy (non-hydrogen) atoms. The summed E-state index contributed by atoms with van der Waals surface area (Å²) in [6.45, 7) is 2.70. The highest BCUT2D eigenvalue weighted by Gasteiger charge is 2.10. The molecular formula is C12H12FN3O3. The first-order valence-electron chi connectivity index (χ1n) is 5.67. The van der Waals surface area contributed by atoms with E-state index in [4.69, 9.17) is 4.74 Å². The maximum atomic E-state index is 13.2. The average Bonchev–Trinajstić information content (AvgIpc) is 2.83. The Bertz CT molecular complexity index is 598. The van der Waals surface area contributed by atoms with Crippen molar-refractivity contribution < 1.29 is 14.1 Å². The summed E-state index contributed by atoms with van der Waals surface area (Å²) in [6, 6.07) is 3.36. The lowest BCUT2D eigenvalue weighted by atomic mass is 10.2. The zero-order chi connectivity index (χ0) is 13.8. The molecule has 0 fully saturated rings. The molecule has 1 aromatic heterocycles. The van der Waals surface area contributed by atoms with E-state index in [1.54, 1.807) is 10.9 Å². The van der Waals surface area contributed by atoms with Crippen molar-refractivity contribution in [2.75, 3.05) is 0 Å². The Kier molecular flexibility index (Phi) is 3.74. The van der Waals surface area contributed by atoms with Gasteiger partial charge < -0.3 is 4.74 Å². The van der Waals surface area contributed by atoms with Gasteiger partial charge in [-0.25, -0.2) is 4.39 Å². The highest BCUT2D eigenvalue weighted by Crippen LogP contribution is 2.18. The van der Waals surface area contributed by atoms with Crippen molar-refractivity contribution in [3.8, 4) is 5.75 Å². The number of aromatic nitrogens is 2. The van der Waals surface area contributed by atoms with Crippen LogP contribution in [0.4, 0.5) is 10.1 Å². The van der Waals surface area contributed by atoms with E-state index in [2.05, 4.69) is 5.10 Å². The van der Waals surface area contributed by atoms with Gasteiger partial charge in [-0.05, 0) is 18.6 Å². The van der Waals surface area contributed by atoms with E-state index in [0.29, 0.717) is 11.3 Å². The van der Waals surface area contributed by atoms with Crippen LogP contribution in [0.15, 0.2) is 30.6 Å². The smallest absolute Gasteiger partial charge is 0.272 e. The van der Waals surface area contributed by atoms with E-state index in [9.17, 15) is 14.5 Å². The number of benzene rings is 1. The van der Waals surface area contributed by atoms with Gasteiger partial charge in [0.25, 0.3) is 5.69 Å². The van der Waals surface area contributed by atoms with E-state index >= 15 is 0 Å². The molecular weight excluding hydrogens is 253 g/mol. The second kappa shape index (κ2) is 5.47. The molecule has 1 heterocycles. The fourth-order valence-electron chi connectivity index (χ4n) is 1.58. The maximum absolute atomic E-state index is 13.2. The van der Waals surface area contributed by atoms with Crippen LogP contribution in [-0.2, 0) is 13.2 Å². The van der Waals surface area contributed by atoms with E-state index in [1.165, 1.54) is 18.3 Å². The van der Waals surface area contributed by atoms with Crippen molar-refractivity contribution in [2.45, 2.75) is 20.1 Å². The van der Waals surface area contributed by atoms with Gasteiger partial charge in [-0.1, -0.05) is 0 Å². The van der Waals surface area contributed by atoms with E-state index in [1.807, 2.05) is 6.92 Å². The number of nitro groups is 1. The van der Waals surface area contributed by atoms with Crippen molar-refractivity contribution in [1.29, 1.82) is 0 Å². The lowest BCUT2D eigenvalue weighted by Crippen LogP contribution is -1.98. The fourth-order valence-corrected chi connectivity index (χ4v) is 1.58. The molecule has 100 valence electrons. The molecule has 2 rings (SSSR count). The summed E-state index contributed by atoms with van der Waals surface area (Å²) in [5.41, 5.74) is 0.110. The molecule has 0 spiro atoms. The predicted octanol–water partition coefficient (Wildman–Crippen LogP) is 2.53. The SMILES string of the molecule is CCn1cc(OCc2cc(F)cc([N+](=O)[O-])c2)cn1. The summed E-state index contributed by atoms with van der Waals surface area (Å²) >= 11 is 0. The second-order valence-corrected chi connectivity index (χ2v) is 3.90. The summed E-state index contributed by atoms with van der Waals surface area (Å²) in [6.07, 6.45) is 3.24. The summed E-state index contributed by atoms with van der Waals surface area (Å²) in [5.74, 6) is -0.120. The fraction of sp³-hybridized carbons (Fsp3) is 0.250. The molecule has 1 aromatic carbocycles. The first-order valence-corrected chi connectivity index (χ1v) is 5.67. The molecule has 0 bridgehead atoms. The topological polar surface area (TPSA) is 70.2 Å². The molecule has 0 unspecified atom stereocenters. The Morgan fingerprint density at radius 3 is 2.89 bits per heavy atom. The van der Waals surface area contributed by atoms with E-state index in [-0.39, 0.29) is 12.3 Å². The van der Waals surface area contributed by atoms with Crippen molar-refractivity contribution >= 4 is 5.69 Å². The largest absolute Gasteiger partial charge is 0.486 e. The van der Waals surface area contributed by atoms with Crippen molar-refractivity contribution in [1.82, 2.24) is 9.78 Å². The summed E-state index contributed by atoms with van der Waals surface area (Å²) in [5, 5.41) is 14.6. The third-order valence-electron chi connectivity index (χ3n) is 2.49. The monoisotopic (exact) mass is 265 g/mol. The molecule has 0 saturated carbocycles. The van der Waals surface area contributed by atoms with Gasteiger partial charge >= 0.3 is 0 Å². The lowest BCUT2D eigenvalue weighted by molar-refractivity contribution is -0.385. The molecule has 0 aliphatic rings. The van der Waals surface area contributed by atoms with Crippen molar-refractivity contribution in [3.63, 3.8) is 0 Å². The molecule has 0 radical (unpaired) electrons. The van der Waals surface area contributed by atoms with Gasteiger partial charge in [-0.15, -0.1) is 0 Å². The first-order chi connectivity index (χ1) is 9.08. The van der Waals surface area contributed by atoms with Crippen molar-refractivity contribution in [2.24, 2.45) is 0 Å². The average molecular weight is 265 g/mol. The molecule has 6 nitrogen and oxygen atoms in total. The normalized spacial score (nSPS) is 10.4. The first kappa shape index (κ1) is 13.0. The van der Waals surface area contributed by atoms with Crippen LogP contribution in [0.5, 0.6) is 5.75 Å². The minimum Gasteiger partial charge on any atom is -0.486 e. The summed E-state index contributed by atoms with van der Waals surface area (Å²) in [7, 11) is 0. The Morgan fingerprint density at radius 2 is 2.26 bits per heavy atom. The molecule has 0 amide bonds. The Labute approximate surface area is 108 Å². The van der Waals surface area contributed by atoms with Gasteiger partial charge in [0.2, 0.25) is 0 Å². The van der Waals surface area contributed by atoms with Crippen molar-refractivity contribution in [3.05, 3.63) is 52.1 Å². The van der Waals surface area contributed by atoms with Gasteiger partial charge in [-0.3, -0.25) is 14.8 Å². The van der Waals surface area contributed by atoms with Crippen LogP contribution in [-0.4, -0.2) is 14.7 Å². The van der Waals surface area contributed by atoms with Gasteiger partial charge in [0.1, 0.15) is 12.4 Å². The number of halogens is 1. The number of nitro benzene ring substituents is 1. The molecule has 2 aromatic rings. The minimum absolute atomic E-state index is 0.0496. The van der Waals surface area contributed by atoms with Crippen LogP contribution >= 0.6 is 0 Å². The number of non-ortho nitro benzene ring substituents is 1. The number of aryl methyl sites for hydroxylation is 1. The van der Waals surface area contributed by atoms with Crippen LogP contribution in [0.2, 0.25) is 0 Å². The van der Waals surface area contributed by atoms with Gasteiger partial charge in [-0.2, -0.15) is 5.10 Å². The molecule has 7 heteroatoms. The molecule has 0 saturated heterocycles. The van der Waals surface area contributed by atoms with E-state index in [0.717, 1.165) is 12.6 Å². The van der Waals surface area contributed by atoms with Gasteiger partial charge in [0.05, 0.1) is 23.4 Å². The van der Waals surface area contributed by atoms with Crippen LogP contribution in [0.3, 0.4) is 0 Å². The molecule has 0 aliphatic carbocycles. The van der Waals surface area contributed by atoms with Gasteiger partial charge in [0.15, 0.2) is 5.75 Å². The highest BCUT2D eigenvalue weighted by atomic mass is 19.1. The number of nitrogens with zero attached hydrogens (tertiary/aromatic N) is 3. The predicted molar refractivity (Wildman–Crippen MR) is 65.3 cm³/mol. The standard InChI is InChI=1S/C12H12FN3O3/c1-2-15-7-12(6-14-15)19-8-9-3-10(13)5-11(4-9)16(17)18/h3-7H,2,8H2,1H3. The van der Waals surface area contributed by atoms with Crippen LogP contribution in [0.1, 0.15) is 12.5 Å². The highest BCUT2D eigenvalue weighted by molar-refractivity contribution is 5.35. The van der Waals surface area contributed by atoms with Crippen LogP contribution < -0.4 is 4.74 Å². The molecule has 0 aliphatic heterocycles. The number of hydrogen-bond acceptors (Lipinski definition) is 4. The number of ether oxygens (including phenoxy) is 1. The Morgan fingerprint density at radius 1 is 1.47 bits per heavy atom. The number of hydrogen-bond donors (Lipinski definition) is 0. The number of rotatable bonds is 5. The van der Waals surface area contributed by atoms with Crippen LogP contribution in [0.25, 0.3) is 0 Å². The minimum atomic E-state index is -0.656. The third-order valence-corrected chi connectivity index (χ3v) is 2.49. The Balaban J connectivity index is 2.08. The quantitative estimate of drug-likeness (QED) is 0.615. The Hall–Kier alpha value is -2.44. The van der Waals surface area contributed by atoms with Gasteiger partial charge in [0, 0.05) is 12.6 Å². The lowest BCUT2D eigenvalue weighted by Gasteiger charge is -2.03.